The Kier molecular flexibility index (Phi) is 13.1. The van der Waals surface area contributed by atoms with Crippen molar-refractivity contribution in [3.63, 3.8) is 0 Å². The van der Waals surface area contributed by atoms with Crippen molar-refractivity contribution in [1.29, 1.82) is 0 Å². The van der Waals surface area contributed by atoms with E-state index in [1.54, 1.807) is 23.9 Å². The maximum absolute atomic E-state index is 13.4. The van der Waals surface area contributed by atoms with Gasteiger partial charge in [0.05, 0.1) is 9.82 Å². The minimum atomic E-state index is -4.43. The Balaban J connectivity index is 0.951. The molecule has 0 radical (unpaired) electrons. The predicted molar refractivity (Wildman–Crippen MR) is 229 cm³/mol. The first kappa shape index (κ1) is 40.3. The number of nitro benzene ring substituents is 1. The number of halogens is 1. The van der Waals surface area contributed by atoms with Crippen LogP contribution in [-0.4, -0.2) is 74.7 Å². The summed E-state index contributed by atoms with van der Waals surface area (Å²) in [6, 6.07) is 37.1. The van der Waals surface area contributed by atoms with Crippen LogP contribution < -0.4 is 20.3 Å². The highest BCUT2D eigenvalue weighted by Gasteiger charge is 2.26. The molecule has 1 aliphatic carbocycles. The number of hydrogen-bond acceptors (Lipinski definition) is 10. The number of nitrogens with one attached hydrogen (secondary N) is 3. The lowest BCUT2D eigenvalue weighted by molar-refractivity contribution is -0.384. The van der Waals surface area contributed by atoms with Gasteiger partial charge in [0.25, 0.3) is 21.6 Å². The standard InChI is InChI=1S/C43H45ClN6O5S2/c44-34-14-10-31(11-15-34)40-9-5-4-6-33(40)29-48-24-26-49(27-25-48)37-18-12-32(13-19-37)43(51)47-57(54,55)39-20-21-41(42(28-39)50(52)53)46-36(22-23-45-35-16-17-35)30-56-38-7-2-1-3-8-38/h1-15,18-21,28,35-36,45-46H,16-17,22-27,29-30H2,(H,47,51)/t36-/m1/s1. The Morgan fingerprint density at radius 1 is 0.877 bits per heavy atom. The van der Waals surface area contributed by atoms with Gasteiger partial charge in [0.2, 0.25) is 0 Å². The summed E-state index contributed by atoms with van der Waals surface area (Å²) in [5, 5.41) is 19.7. The minimum Gasteiger partial charge on any atom is -0.376 e. The Morgan fingerprint density at radius 2 is 1.58 bits per heavy atom. The zero-order valence-electron chi connectivity index (χ0n) is 31.4. The summed E-state index contributed by atoms with van der Waals surface area (Å²) in [7, 11) is -4.43. The molecule has 1 amide bonds. The molecular weight excluding hydrogens is 780 g/mol. The van der Waals surface area contributed by atoms with Crippen LogP contribution in [0.3, 0.4) is 0 Å². The highest BCUT2D eigenvalue weighted by Crippen LogP contribution is 2.31. The first-order valence-electron chi connectivity index (χ1n) is 19.1. The zero-order chi connectivity index (χ0) is 39.8. The molecule has 2 aliphatic rings. The second kappa shape index (κ2) is 18.6. The molecule has 3 N–H and O–H groups in total. The van der Waals surface area contributed by atoms with Gasteiger partial charge in [-0.3, -0.25) is 19.8 Å². The molecule has 0 bridgehead atoms. The van der Waals surface area contributed by atoms with Crippen LogP contribution in [0.2, 0.25) is 5.02 Å². The maximum Gasteiger partial charge on any atom is 0.293 e. The number of nitrogens with zero attached hydrogens (tertiary/aromatic N) is 3. The summed E-state index contributed by atoms with van der Waals surface area (Å²) < 4.78 is 28.9. The molecule has 1 saturated carbocycles. The predicted octanol–water partition coefficient (Wildman–Crippen LogP) is 8.07. The summed E-state index contributed by atoms with van der Waals surface area (Å²) in [4.78, 5) is 30.2. The van der Waals surface area contributed by atoms with Crippen molar-refractivity contribution in [2.75, 3.05) is 48.7 Å². The number of carbonyl (C=O) groups is 1. The van der Waals surface area contributed by atoms with E-state index in [-0.39, 0.29) is 27.9 Å². The van der Waals surface area contributed by atoms with Crippen molar-refractivity contribution in [3.05, 3.63) is 148 Å². The fourth-order valence-electron chi connectivity index (χ4n) is 6.87. The summed E-state index contributed by atoms with van der Waals surface area (Å²) in [5.41, 5.74) is 4.48. The molecule has 11 nitrogen and oxygen atoms in total. The van der Waals surface area contributed by atoms with Gasteiger partial charge >= 0.3 is 0 Å². The van der Waals surface area contributed by atoms with Crippen LogP contribution in [0.1, 0.15) is 35.2 Å². The second-order valence-electron chi connectivity index (χ2n) is 14.3. The molecule has 1 atom stereocenters. The van der Waals surface area contributed by atoms with Gasteiger partial charge < -0.3 is 15.5 Å². The molecule has 1 heterocycles. The highest BCUT2D eigenvalue weighted by atomic mass is 35.5. The monoisotopic (exact) mass is 824 g/mol. The molecule has 7 rings (SSSR count). The van der Waals surface area contributed by atoms with Crippen molar-refractivity contribution in [2.24, 2.45) is 0 Å². The van der Waals surface area contributed by atoms with E-state index in [1.165, 1.54) is 23.3 Å². The van der Waals surface area contributed by atoms with Gasteiger partial charge in [-0.25, -0.2) is 13.1 Å². The molecule has 5 aromatic carbocycles. The van der Waals surface area contributed by atoms with Gasteiger partial charge in [-0.15, -0.1) is 11.8 Å². The molecule has 14 heteroatoms. The number of sulfonamides is 1. The van der Waals surface area contributed by atoms with Crippen LogP contribution in [0, 0.1) is 10.1 Å². The Bertz CT molecular complexity index is 2270. The van der Waals surface area contributed by atoms with Gasteiger partial charge in [-0.1, -0.05) is 66.2 Å². The number of thioether (sulfide) groups is 1. The van der Waals surface area contributed by atoms with E-state index in [0.29, 0.717) is 16.8 Å². The van der Waals surface area contributed by atoms with Crippen molar-refractivity contribution in [2.45, 2.75) is 47.7 Å². The van der Waals surface area contributed by atoms with E-state index in [2.05, 4.69) is 43.4 Å². The SMILES string of the molecule is O=C(NS(=O)(=O)c1ccc(N[C@H](CCNC2CC2)CSc2ccccc2)c([N+](=O)[O-])c1)c1ccc(N2CCN(Cc3ccccc3-c3ccc(Cl)cc3)CC2)cc1. The lowest BCUT2D eigenvalue weighted by Crippen LogP contribution is -2.46. The molecule has 0 unspecified atom stereocenters. The Labute approximate surface area is 343 Å². The van der Waals surface area contributed by atoms with Crippen LogP contribution in [0.4, 0.5) is 17.1 Å². The normalized spacial score (nSPS) is 15.2. The van der Waals surface area contributed by atoms with Crippen molar-refractivity contribution in [3.8, 4) is 11.1 Å². The average Bonchev–Trinajstić information content (AvgIpc) is 4.06. The molecule has 1 saturated heterocycles. The fraction of sp³-hybridized carbons (Fsp3) is 0.279. The Morgan fingerprint density at radius 3 is 2.28 bits per heavy atom. The number of anilines is 2. The minimum absolute atomic E-state index is 0.127. The van der Waals surface area contributed by atoms with Gasteiger partial charge in [-0.2, -0.15) is 0 Å². The summed E-state index contributed by atoms with van der Waals surface area (Å²) in [5.74, 6) is -0.170. The molecule has 2 fully saturated rings. The fourth-order valence-corrected chi connectivity index (χ4v) is 8.98. The lowest BCUT2D eigenvalue weighted by atomic mass is 9.99. The average molecular weight is 825 g/mol. The third-order valence-electron chi connectivity index (χ3n) is 10.2. The largest absolute Gasteiger partial charge is 0.376 e. The summed E-state index contributed by atoms with van der Waals surface area (Å²) >= 11 is 7.76. The van der Waals surface area contributed by atoms with E-state index in [9.17, 15) is 23.3 Å². The summed E-state index contributed by atoms with van der Waals surface area (Å²) in [6.07, 6.45) is 3.03. The third kappa shape index (κ3) is 10.9. The second-order valence-corrected chi connectivity index (χ2v) is 17.5. The number of benzene rings is 5. The third-order valence-corrected chi connectivity index (χ3v) is 12.9. The van der Waals surface area contributed by atoms with E-state index in [0.717, 1.165) is 80.7 Å². The van der Waals surface area contributed by atoms with E-state index in [1.807, 2.05) is 72.8 Å². The maximum atomic E-state index is 13.4. The smallest absolute Gasteiger partial charge is 0.293 e. The van der Waals surface area contributed by atoms with E-state index in [4.69, 9.17) is 11.6 Å². The molecular formula is C43H45ClN6O5S2. The first-order chi connectivity index (χ1) is 27.6. The van der Waals surface area contributed by atoms with Crippen LogP contribution in [0.15, 0.2) is 131 Å². The highest BCUT2D eigenvalue weighted by molar-refractivity contribution is 7.99. The number of piperazine rings is 1. The first-order valence-corrected chi connectivity index (χ1v) is 21.9. The molecule has 0 spiro atoms. The quantitative estimate of drug-likeness (QED) is 0.0480. The van der Waals surface area contributed by atoms with Gasteiger partial charge in [0, 0.05) is 77.8 Å². The number of nitro groups is 1. The van der Waals surface area contributed by atoms with Crippen LogP contribution in [-0.2, 0) is 16.6 Å². The van der Waals surface area contributed by atoms with Crippen LogP contribution >= 0.6 is 23.4 Å². The molecule has 5 aromatic rings. The van der Waals surface area contributed by atoms with Crippen LogP contribution in [0.5, 0.6) is 0 Å². The summed E-state index contributed by atoms with van der Waals surface area (Å²) in [6.45, 7) is 4.84. The Hall–Kier alpha value is -4.92. The van der Waals surface area contributed by atoms with Crippen molar-refractivity contribution >= 4 is 56.4 Å². The molecule has 0 aromatic heterocycles. The van der Waals surface area contributed by atoms with Gasteiger partial charge in [0.1, 0.15) is 5.69 Å². The topological polar surface area (TPSA) is 137 Å². The van der Waals surface area contributed by atoms with Gasteiger partial charge in [0.15, 0.2) is 0 Å². The number of hydrogen-bond donors (Lipinski definition) is 3. The van der Waals surface area contributed by atoms with Crippen molar-refractivity contribution in [1.82, 2.24) is 14.9 Å². The number of rotatable bonds is 17. The van der Waals surface area contributed by atoms with Crippen molar-refractivity contribution < 1.29 is 18.1 Å². The van der Waals surface area contributed by atoms with Crippen LogP contribution in [0.25, 0.3) is 11.1 Å². The number of amides is 1. The molecule has 1 aliphatic heterocycles. The van der Waals surface area contributed by atoms with E-state index >= 15 is 0 Å². The molecule has 57 heavy (non-hydrogen) atoms. The zero-order valence-corrected chi connectivity index (χ0v) is 33.7. The van der Waals surface area contributed by atoms with E-state index < -0.39 is 20.9 Å². The number of carbonyl (C=O) groups excluding carboxylic acids is 1. The molecule has 296 valence electrons. The lowest BCUT2D eigenvalue weighted by Gasteiger charge is -2.36. The van der Waals surface area contributed by atoms with Gasteiger partial charge in [-0.05, 0) is 103 Å².